The number of aromatic nitrogens is 1. The maximum absolute atomic E-state index is 12.8. The van der Waals surface area contributed by atoms with Crippen molar-refractivity contribution >= 4 is 27.2 Å². The van der Waals surface area contributed by atoms with E-state index in [2.05, 4.69) is 10.3 Å². The van der Waals surface area contributed by atoms with E-state index in [4.69, 9.17) is 0 Å². The minimum atomic E-state index is -4.32. The van der Waals surface area contributed by atoms with E-state index in [0.717, 1.165) is 23.9 Å². The van der Waals surface area contributed by atoms with Gasteiger partial charge in [0.05, 0.1) is 21.0 Å². The lowest BCUT2D eigenvalue weighted by Gasteiger charge is -2.09. The smallest absolute Gasteiger partial charge is 0.386 e. The van der Waals surface area contributed by atoms with Gasteiger partial charge in [0.25, 0.3) is 0 Å². The van der Waals surface area contributed by atoms with Crippen molar-refractivity contribution in [2.24, 2.45) is 0 Å². The molecule has 0 radical (unpaired) electrons. The first kappa shape index (κ1) is 11.8. The second-order valence-electron chi connectivity index (χ2n) is 4.44. The zero-order valence-corrected chi connectivity index (χ0v) is 10.5. The Kier molecular flexibility index (Phi) is 2.52. The van der Waals surface area contributed by atoms with Crippen LogP contribution >= 0.6 is 11.3 Å². The first-order valence-corrected chi connectivity index (χ1v) is 6.50. The Hall–Kier alpha value is -1.30. The minimum absolute atomic E-state index is 0.447. The number of hydrogen-bond acceptors (Lipinski definition) is 3. The number of hydrogen-bond donors (Lipinski definition) is 1. The highest BCUT2D eigenvalue weighted by molar-refractivity contribution is 7.18. The Labute approximate surface area is 106 Å². The minimum Gasteiger partial charge on any atom is -0.386 e. The quantitative estimate of drug-likeness (QED) is 0.884. The summed E-state index contributed by atoms with van der Waals surface area (Å²) in [5.74, 6) is 0.460. The molecule has 18 heavy (non-hydrogen) atoms. The van der Waals surface area contributed by atoms with Crippen LogP contribution in [0.3, 0.4) is 0 Å². The Morgan fingerprint density at radius 1 is 1.33 bits per heavy atom. The lowest BCUT2D eigenvalue weighted by molar-refractivity contribution is -0.137. The second-order valence-corrected chi connectivity index (χ2v) is 5.51. The molecule has 2 nitrogen and oxygen atoms in total. The molecule has 1 aliphatic rings. The number of rotatable bonds is 2. The van der Waals surface area contributed by atoms with Gasteiger partial charge in [-0.15, -0.1) is 11.3 Å². The van der Waals surface area contributed by atoms with Crippen LogP contribution in [0.1, 0.15) is 29.3 Å². The van der Waals surface area contributed by atoms with Crippen molar-refractivity contribution in [1.82, 2.24) is 4.98 Å². The van der Waals surface area contributed by atoms with Gasteiger partial charge in [0.2, 0.25) is 0 Å². The van der Waals surface area contributed by atoms with Gasteiger partial charge in [0.15, 0.2) is 0 Å². The molecule has 0 atom stereocenters. The Morgan fingerprint density at radius 3 is 2.61 bits per heavy atom. The van der Waals surface area contributed by atoms with Crippen LogP contribution in [-0.4, -0.2) is 12.0 Å². The SMILES string of the molecule is CNc1cc(C(F)(F)F)cc2sc(C3CC3)nc12. The predicted molar refractivity (Wildman–Crippen MR) is 66.1 cm³/mol. The molecule has 1 saturated carbocycles. The zero-order chi connectivity index (χ0) is 12.9. The highest BCUT2D eigenvalue weighted by Crippen LogP contribution is 2.45. The molecule has 3 rings (SSSR count). The van der Waals surface area contributed by atoms with Gasteiger partial charge in [-0.2, -0.15) is 13.2 Å². The van der Waals surface area contributed by atoms with Crippen molar-refractivity contribution in [3.8, 4) is 0 Å². The molecule has 1 N–H and O–H groups in total. The normalized spacial score (nSPS) is 16.2. The molecule has 0 amide bonds. The summed E-state index contributed by atoms with van der Waals surface area (Å²) in [5, 5.41) is 3.76. The van der Waals surface area contributed by atoms with E-state index < -0.39 is 11.7 Å². The van der Waals surface area contributed by atoms with Gasteiger partial charge in [0, 0.05) is 13.0 Å². The number of anilines is 1. The van der Waals surface area contributed by atoms with E-state index in [-0.39, 0.29) is 0 Å². The van der Waals surface area contributed by atoms with E-state index in [0.29, 0.717) is 21.8 Å². The summed E-state index contributed by atoms with van der Waals surface area (Å²) in [6.07, 6.45) is -2.12. The number of fused-ring (bicyclic) bond motifs is 1. The van der Waals surface area contributed by atoms with Crippen molar-refractivity contribution in [1.29, 1.82) is 0 Å². The standard InChI is InChI=1S/C12H11F3N2S/c1-16-8-4-7(12(13,14)15)5-9-10(8)17-11(18-9)6-2-3-6/h4-6,16H,2-3H2,1H3. The molecule has 0 unspecified atom stereocenters. The molecule has 1 aromatic carbocycles. The number of halogens is 3. The largest absolute Gasteiger partial charge is 0.416 e. The Bertz CT molecular complexity index is 599. The molecular weight excluding hydrogens is 261 g/mol. The van der Waals surface area contributed by atoms with E-state index in [1.54, 1.807) is 7.05 Å². The van der Waals surface area contributed by atoms with E-state index in [1.807, 2.05) is 0 Å². The molecule has 6 heteroatoms. The average molecular weight is 272 g/mol. The number of alkyl halides is 3. The molecule has 0 aliphatic heterocycles. The fourth-order valence-electron chi connectivity index (χ4n) is 1.91. The van der Waals surface area contributed by atoms with Gasteiger partial charge >= 0.3 is 6.18 Å². The van der Waals surface area contributed by atoms with Crippen molar-refractivity contribution in [2.45, 2.75) is 24.9 Å². The third kappa shape index (κ3) is 1.94. The summed E-state index contributed by atoms with van der Waals surface area (Å²) in [5.41, 5.74) is 0.478. The zero-order valence-electron chi connectivity index (χ0n) is 9.64. The van der Waals surface area contributed by atoms with Crippen LogP contribution in [0.4, 0.5) is 18.9 Å². The van der Waals surface area contributed by atoms with Crippen LogP contribution in [-0.2, 0) is 6.18 Å². The summed E-state index contributed by atoms with van der Waals surface area (Å²) < 4.78 is 38.9. The van der Waals surface area contributed by atoms with Crippen molar-refractivity contribution in [3.63, 3.8) is 0 Å². The molecular formula is C12H11F3N2S. The van der Waals surface area contributed by atoms with E-state index in [9.17, 15) is 13.2 Å². The molecule has 0 bridgehead atoms. The number of nitrogens with zero attached hydrogens (tertiary/aromatic N) is 1. The molecule has 1 heterocycles. The van der Waals surface area contributed by atoms with Crippen LogP contribution in [0, 0.1) is 0 Å². The van der Waals surface area contributed by atoms with Gasteiger partial charge < -0.3 is 5.32 Å². The molecule has 2 aromatic rings. The molecule has 1 fully saturated rings. The fourth-order valence-corrected chi connectivity index (χ4v) is 3.11. The van der Waals surface area contributed by atoms with Crippen LogP contribution in [0.5, 0.6) is 0 Å². The van der Waals surface area contributed by atoms with Gasteiger partial charge in [-0.3, -0.25) is 0 Å². The van der Waals surface area contributed by atoms with Gasteiger partial charge in [-0.25, -0.2) is 4.98 Å². The molecule has 0 spiro atoms. The monoisotopic (exact) mass is 272 g/mol. The third-order valence-electron chi connectivity index (χ3n) is 3.03. The highest BCUT2D eigenvalue weighted by atomic mass is 32.1. The Morgan fingerprint density at radius 2 is 2.06 bits per heavy atom. The van der Waals surface area contributed by atoms with Gasteiger partial charge in [-0.1, -0.05) is 0 Å². The molecule has 96 valence electrons. The fraction of sp³-hybridized carbons (Fsp3) is 0.417. The highest BCUT2D eigenvalue weighted by Gasteiger charge is 2.33. The van der Waals surface area contributed by atoms with Crippen molar-refractivity contribution < 1.29 is 13.2 Å². The molecule has 1 aliphatic carbocycles. The summed E-state index contributed by atoms with van der Waals surface area (Å²) in [6.45, 7) is 0. The lowest BCUT2D eigenvalue weighted by atomic mass is 10.1. The van der Waals surface area contributed by atoms with Crippen molar-refractivity contribution in [3.05, 3.63) is 22.7 Å². The van der Waals surface area contributed by atoms with Crippen LogP contribution in [0.25, 0.3) is 10.2 Å². The first-order valence-electron chi connectivity index (χ1n) is 5.68. The summed E-state index contributed by atoms with van der Waals surface area (Å²) in [4.78, 5) is 4.46. The molecule has 1 aromatic heterocycles. The lowest BCUT2D eigenvalue weighted by Crippen LogP contribution is -2.05. The summed E-state index contributed by atoms with van der Waals surface area (Å²) in [6, 6.07) is 2.32. The number of benzene rings is 1. The van der Waals surface area contributed by atoms with Crippen LogP contribution in [0.2, 0.25) is 0 Å². The number of thiazole rings is 1. The van der Waals surface area contributed by atoms with E-state index in [1.165, 1.54) is 17.4 Å². The Balaban J connectivity index is 2.19. The van der Waals surface area contributed by atoms with E-state index >= 15 is 0 Å². The van der Waals surface area contributed by atoms with Gasteiger partial charge in [0.1, 0.15) is 5.52 Å². The molecule has 0 saturated heterocycles. The maximum atomic E-state index is 12.8. The predicted octanol–water partition coefficient (Wildman–Crippen LogP) is 4.23. The van der Waals surface area contributed by atoms with Crippen LogP contribution < -0.4 is 5.32 Å². The maximum Gasteiger partial charge on any atom is 0.416 e. The summed E-state index contributed by atoms with van der Waals surface area (Å²) >= 11 is 1.38. The van der Waals surface area contributed by atoms with Crippen LogP contribution in [0.15, 0.2) is 12.1 Å². The van der Waals surface area contributed by atoms with Gasteiger partial charge in [-0.05, 0) is 25.0 Å². The average Bonchev–Trinajstić information content (AvgIpc) is 3.06. The van der Waals surface area contributed by atoms with Crippen molar-refractivity contribution in [2.75, 3.05) is 12.4 Å². The first-order chi connectivity index (χ1) is 8.49. The summed E-state index contributed by atoms with van der Waals surface area (Å²) in [7, 11) is 1.62. The second kappa shape index (κ2) is 3.85. The topological polar surface area (TPSA) is 24.9 Å². The third-order valence-corrected chi connectivity index (χ3v) is 4.20. The number of nitrogens with one attached hydrogen (secondary N) is 1.